The van der Waals surface area contributed by atoms with Crippen molar-refractivity contribution in [1.29, 1.82) is 10.5 Å². The lowest BCUT2D eigenvalue weighted by molar-refractivity contribution is -0.141. The summed E-state index contributed by atoms with van der Waals surface area (Å²) in [6, 6.07) is 3.71. The fraction of sp³-hybridized carbons (Fsp3) is 0.500. The molecule has 0 heterocycles. The van der Waals surface area contributed by atoms with Crippen molar-refractivity contribution in [2.24, 2.45) is 10.2 Å². The lowest BCUT2D eigenvalue weighted by Gasteiger charge is -2.19. The van der Waals surface area contributed by atoms with Crippen molar-refractivity contribution in [1.82, 2.24) is 0 Å². The van der Waals surface area contributed by atoms with Crippen molar-refractivity contribution in [2.75, 3.05) is 13.2 Å². The fourth-order valence-corrected chi connectivity index (χ4v) is 1.05. The van der Waals surface area contributed by atoms with Gasteiger partial charge in [-0.25, -0.2) is 9.59 Å². The minimum absolute atomic E-state index is 0.181. The van der Waals surface area contributed by atoms with E-state index in [2.05, 4.69) is 23.4 Å². The number of hydrogen-bond donors (Lipinski definition) is 0. The molecule has 0 aliphatic heterocycles. The number of nitrogens with zero attached hydrogens (tertiary/aromatic N) is 4. The molecule has 0 aliphatic rings. The average Bonchev–Trinajstić information content (AvgIpc) is 2.55. The Bertz CT molecular complexity index is 600. The zero-order chi connectivity index (χ0) is 19.0. The van der Waals surface area contributed by atoms with Gasteiger partial charge < -0.3 is 9.47 Å². The molecule has 0 radical (unpaired) electrons. The second kappa shape index (κ2) is 8.59. The third kappa shape index (κ3) is 6.84. The van der Waals surface area contributed by atoms with Gasteiger partial charge in [0.15, 0.2) is 11.1 Å². The van der Waals surface area contributed by atoms with Crippen LogP contribution in [0.3, 0.4) is 0 Å². The molecular formula is C16H20N4O4. The highest BCUT2D eigenvalue weighted by Gasteiger charge is 2.31. The molecule has 8 heteroatoms. The van der Waals surface area contributed by atoms with Gasteiger partial charge >= 0.3 is 11.9 Å². The lowest BCUT2D eigenvalue weighted by atomic mass is 10.1. The van der Waals surface area contributed by atoms with Crippen LogP contribution < -0.4 is 0 Å². The molecule has 0 fully saturated rings. The van der Waals surface area contributed by atoms with E-state index >= 15 is 0 Å². The van der Waals surface area contributed by atoms with E-state index in [0.717, 1.165) is 0 Å². The van der Waals surface area contributed by atoms with Gasteiger partial charge in [0.2, 0.25) is 0 Å². The molecular weight excluding hydrogens is 312 g/mol. The summed E-state index contributed by atoms with van der Waals surface area (Å²) in [4.78, 5) is 22.8. The minimum Gasteiger partial charge on any atom is -0.459 e. The monoisotopic (exact) mass is 332 g/mol. The van der Waals surface area contributed by atoms with Crippen LogP contribution in [-0.2, 0) is 19.1 Å². The van der Waals surface area contributed by atoms with Crippen molar-refractivity contribution < 1.29 is 19.1 Å². The normalized spacial score (nSPS) is 15.2. The van der Waals surface area contributed by atoms with E-state index in [0.29, 0.717) is 0 Å². The molecule has 0 N–H and O–H groups in total. The van der Waals surface area contributed by atoms with Crippen molar-refractivity contribution in [3.8, 4) is 12.1 Å². The molecule has 8 nitrogen and oxygen atoms in total. The molecule has 2 atom stereocenters. The van der Waals surface area contributed by atoms with E-state index in [4.69, 9.17) is 9.47 Å². The van der Waals surface area contributed by atoms with Crippen LogP contribution in [0.1, 0.15) is 27.7 Å². The first kappa shape index (κ1) is 21.0. The van der Waals surface area contributed by atoms with Gasteiger partial charge in [0.1, 0.15) is 13.2 Å². The maximum Gasteiger partial charge on any atom is 0.333 e. The first-order valence-electron chi connectivity index (χ1n) is 6.90. The maximum atomic E-state index is 11.4. The number of nitriles is 2. The molecule has 0 spiro atoms. The zero-order valence-electron chi connectivity index (χ0n) is 14.3. The molecule has 0 amide bonds. The summed E-state index contributed by atoms with van der Waals surface area (Å²) in [7, 11) is 0. The molecule has 0 aromatic heterocycles. The van der Waals surface area contributed by atoms with E-state index in [9.17, 15) is 20.1 Å². The molecule has 0 bridgehead atoms. The van der Waals surface area contributed by atoms with E-state index in [-0.39, 0.29) is 24.4 Å². The van der Waals surface area contributed by atoms with Crippen molar-refractivity contribution in [3.05, 3.63) is 24.3 Å². The second-order valence-corrected chi connectivity index (χ2v) is 5.68. The van der Waals surface area contributed by atoms with Crippen LogP contribution >= 0.6 is 0 Å². The summed E-state index contributed by atoms with van der Waals surface area (Å²) in [5.74, 6) is -1.32. The van der Waals surface area contributed by atoms with Gasteiger partial charge in [-0.1, -0.05) is 13.2 Å². The molecule has 0 aromatic carbocycles. The van der Waals surface area contributed by atoms with E-state index < -0.39 is 23.0 Å². The van der Waals surface area contributed by atoms with E-state index in [1.807, 2.05) is 12.1 Å². The highest BCUT2D eigenvalue weighted by atomic mass is 16.5. The van der Waals surface area contributed by atoms with Gasteiger partial charge in [-0.3, -0.25) is 0 Å². The molecule has 0 saturated carbocycles. The predicted octanol–water partition coefficient (Wildman–Crippen LogP) is 2.24. The SMILES string of the molecule is C=C(C)C(=O)OCC(C)(C#N)N=NC(C)(C#N)COC(=O)C(=C)C. The number of esters is 2. The largest absolute Gasteiger partial charge is 0.459 e. The molecule has 0 rings (SSSR count). The summed E-state index contributed by atoms with van der Waals surface area (Å²) in [5, 5.41) is 26.0. The Morgan fingerprint density at radius 3 is 1.42 bits per heavy atom. The Morgan fingerprint density at radius 1 is 0.917 bits per heavy atom. The smallest absolute Gasteiger partial charge is 0.333 e. The number of carbonyl (C=O) groups excluding carboxylic acids is 2. The molecule has 0 aliphatic carbocycles. The average molecular weight is 332 g/mol. The van der Waals surface area contributed by atoms with Crippen LogP contribution in [0.25, 0.3) is 0 Å². The Balaban J connectivity index is 5.05. The number of rotatable bonds is 8. The van der Waals surface area contributed by atoms with Gasteiger partial charge in [0, 0.05) is 11.1 Å². The summed E-state index contributed by atoms with van der Waals surface area (Å²) in [5.41, 5.74) is -2.61. The Labute approximate surface area is 141 Å². The number of ether oxygens (including phenoxy) is 2. The van der Waals surface area contributed by atoms with Crippen LogP contribution in [0.15, 0.2) is 34.5 Å². The second-order valence-electron chi connectivity index (χ2n) is 5.68. The molecule has 0 aromatic rings. The predicted molar refractivity (Wildman–Crippen MR) is 84.4 cm³/mol. The summed E-state index contributed by atoms with van der Waals surface area (Å²) in [6.45, 7) is 11.9. The molecule has 0 saturated heterocycles. The summed E-state index contributed by atoms with van der Waals surface area (Å²) >= 11 is 0. The lowest BCUT2D eigenvalue weighted by Crippen LogP contribution is -2.32. The summed E-state index contributed by atoms with van der Waals surface area (Å²) in [6.07, 6.45) is 0. The molecule has 24 heavy (non-hydrogen) atoms. The number of carbonyl (C=O) groups is 2. The van der Waals surface area contributed by atoms with Crippen molar-refractivity contribution >= 4 is 11.9 Å². The van der Waals surface area contributed by atoms with Gasteiger partial charge in [-0.05, 0) is 27.7 Å². The maximum absolute atomic E-state index is 11.4. The molecule has 128 valence electrons. The fourth-order valence-electron chi connectivity index (χ4n) is 1.05. The zero-order valence-corrected chi connectivity index (χ0v) is 14.3. The van der Waals surface area contributed by atoms with Crippen LogP contribution in [-0.4, -0.2) is 36.2 Å². The minimum atomic E-state index is -1.48. The number of azo groups is 1. The quantitative estimate of drug-likeness (QED) is 0.381. The van der Waals surface area contributed by atoms with Crippen molar-refractivity contribution in [3.63, 3.8) is 0 Å². The third-order valence-corrected chi connectivity index (χ3v) is 2.64. The van der Waals surface area contributed by atoms with Gasteiger partial charge in [0.25, 0.3) is 0 Å². The van der Waals surface area contributed by atoms with Gasteiger partial charge in [0.05, 0.1) is 12.1 Å². The Morgan fingerprint density at radius 2 is 1.21 bits per heavy atom. The Hall–Kier alpha value is -3.00. The van der Waals surface area contributed by atoms with Gasteiger partial charge in [-0.15, -0.1) is 0 Å². The summed E-state index contributed by atoms with van der Waals surface area (Å²) < 4.78 is 9.79. The first-order valence-corrected chi connectivity index (χ1v) is 6.90. The molecule has 2 unspecified atom stereocenters. The Kier molecular flexibility index (Phi) is 7.51. The van der Waals surface area contributed by atoms with Crippen LogP contribution in [0.5, 0.6) is 0 Å². The van der Waals surface area contributed by atoms with Crippen LogP contribution in [0, 0.1) is 22.7 Å². The topological polar surface area (TPSA) is 125 Å². The highest BCUT2D eigenvalue weighted by molar-refractivity contribution is 5.87. The van der Waals surface area contributed by atoms with Crippen LogP contribution in [0.4, 0.5) is 0 Å². The standard InChI is InChI=1S/C16H20N4O4/c1-11(2)13(21)23-9-15(5,7-17)19-20-16(6,8-18)10-24-14(22)12(3)4/h1,3,9-10H2,2,4-6H3. The third-order valence-electron chi connectivity index (χ3n) is 2.64. The van der Waals surface area contributed by atoms with E-state index in [1.165, 1.54) is 27.7 Å². The number of hydrogen-bond acceptors (Lipinski definition) is 8. The van der Waals surface area contributed by atoms with E-state index in [1.54, 1.807) is 0 Å². The van der Waals surface area contributed by atoms with Crippen LogP contribution in [0.2, 0.25) is 0 Å². The highest BCUT2D eigenvalue weighted by Crippen LogP contribution is 2.17. The van der Waals surface area contributed by atoms with Crippen molar-refractivity contribution in [2.45, 2.75) is 38.8 Å². The first-order chi connectivity index (χ1) is 11.0. The van der Waals surface area contributed by atoms with Gasteiger partial charge in [-0.2, -0.15) is 20.8 Å².